The van der Waals surface area contributed by atoms with Crippen molar-refractivity contribution in [2.45, 2.75) is 33.1 Å². The fraction of sp³-hybridized carbons (Fsp3) is 0.467. The Kier molecular flexibility index (Phi) is 4.59. The van der Waals surface area contributed by atoms with Gasteiger partial charge >= 0.3 is 0 Å². The Morgan fingerprint density at radius 2 is 1.79 bits per heavy atom. The van der Waals surface area contributed by atoms with Crippen LogP contribution in [0.25, 0.3) is 0 Å². The maximum Gasteiger partial charge on any atom is 0.271 e. The number of rotatable bonds is 2. The Bertz CT molecular complexity index is 469. The molecule has 0 bridgehead atoms. The van der Waals surface area contributed by atoms with Crippen LogP contribution in [-0.4, -0.2) is 11.6 Å². The number of hydrogen-bond acceptors (Lipinski definition) is 2. The monoisotopic (exact) mass is 278 g/mol. The van der Waals surface area contributed by atoms with E-state index in [0.717, 1.165) is 18.6 Å². The normalized spacial score (nSPS) is 23.0. The molecule has 1 fully saturated rings. The zero-order valence-corrected chi connectivity index (χ0v) is 12.1. The first-order chi connectivity index (χ1) is 9.08. The Labute approximate surface area is 119 Å². The summed E-state index contributed by atoms with van der Waals surface area (Å²) in [5.41, 5.74) is 4.33. The number of halogens is 1. The van der Waals surface area contributed by atoms with Crippen molar-refractivity contribution in [3.05, 3.63) is 34.9 Å². The largest absolute Gasteiger partial charge is 0.271 e. The summed E-state index contributed by atoms with van der Waals surface area (Å²) in [6.45, 7) is 4.34. The van der Waals surface area contributed by atoms with Crippen molar-refractivity contribution >= 4 is 23.2 Å². The van der Waals surface area contributed by atoms with E-state index in [-0.39, 0.29) is 5.91 Å². The molecule has 1 aromatic rings. The predicted molar refractivity (Wildman–Crippen MR) is 78.5 cm³/mol. The van der Waals surface area contributed by atoms with Gasteiger partial charge < -0.3 is 0 Å². The molecule has 0 heterocycles. The number of hydrogen-bond donors (Lipinski definition) is 1. The predicted octanol–water partition coefficient (Wildman–Crippen LogP) is 3.88. The molecule has 1 aliphatic carbocycles. The van der Waals surface area contributed by atoms with Crippen LogP contribution in [0.2, 0.25) is 5.02 Å². The van der Waals surface area contributed by atoms with Crippen LogP contribution in [-0.2, 0) is 0 Å². The highest BCUT2D eigenvalue weighted by Crippen LogP contribution is 2.25. The number of benzene rings is 1. The number of carbonyl (C=O) groups excluding carboxylic acids is 1. The summed E-state index contributed by atoms with van der Waals surface area (Å²) in [7, 11) is 0. The highest BCUT2D eigenvalue weighted by Gasteiger charge is 2.23. The molecule has 2 atom stereocenters. The maximum absolute atomic E-state index is 12.0. The van der Waals surface area contributed by atoms with E-state index in [1.54, 1.807) is 24.3 Å². The standard InChI is InChI=1S/C15H19ClN2O/c1-10-4-3-5-11(2)14(10)17-18-15(19)12-6-8-13(16)9-7-12/h6-11H,3-5H2,1-2H3,(H,18,19)/t10-,11-/m1/s1. The van der Waals surface area contributed by atoms with E-state index in [1.165, 1.54) is 6.42 Å². The third-order valence-electron chi connectivity index (χ3n) is 3.68. The molecule has 3 nitrogen and oxygen atoms in total. The van der Waals surface area contributed by atoms with Gasteiger partial charge in [-0.3, -0.25) is 4.79 Å². The number of hydrazone groups is 1. The van der Waals surface area contributed by atoms with E-state index in [4.69, 9.17) is 11.6 Å². The molecule has 1 amide bonds. The molecule has 0 saturated heterocycles. The molecule has 1 N–H and O–H groups in total. The maximum atomic E-state index is 12.0. The third-order valence-corrected chi connectivity index (χ3v) is 3.93. The Hall–Kier alpha value is -1.35. The van der Waals surface area contributed by atoms with Gasteiger partial charge in [0.05, 0.1) is 0 Å². The molecule has 0 aromatic heterocycles. The smallest absolute Gasteiger partial charge is 0.267 e. The lowest BCUT2D eigenvalue weighted by Crippen LogP contribution is -2.29. The number of carbonyl (C=O) groups is 1. The van der Waals surface area contributed by atoms with E-state index < -0.39 is 0 Å². The molecular weight excluding hydrogens is 260 g/mol. The van der Waals surface area contributed by atoms with Gasteiger partial charge in [0.1, 0.15) is 0 Å². The van der Waals surface area contributed by atoms with Gasteiger partial charge in [0, 0.05) is 16.3 Å². The lowest BCUT2D eigenvalue weighted by atomic mass is 9.81. The van der Waals surface area contributed by atoms with Crippen molar-refractivity contribution < 1.29 is 4.79 Å². The van der Waals surface area contributed by atoms with Gasteiger partial charge in [-0.05, 0) is 48.9 Å². The number of nitrogens with zero attached hydrogens (tertiary/aromatic N) is 1. The summed E-state index contributed by atoms with van der Waals surface area (Å²) in [5.74, 6) is 0.720. The van der Waals surface area contributed by atoms with Gasteiger partial charge in [0.15, 0.2) is 0 Å². The Morgan fingerprint density at radius 1 is 1.21 bits per heavy atom. The molecule has 0 unspecified atom stereocenters. The summed E-state index contributed by atoms with van der Waals surface area (Å²) >= 11 is 5.79. The number of amides is 1. The van der Waals surface area contributed by atoms with Crippen LogP contribution < -0.4 is 5.43 Å². The van der Waals surface area contributed by atoms with Crippen LogP contribution in [0.1, 0.15) is 43.5 Å². The molecule has 0 aliphatic heterocycles. The summed E-state index contributed by atoms with van der Waals surface area (Å²) in [5, 5.41) is 4.95. The second-order valence-electron chi connectivity index (χ2n) is 5.22. The summed E-state index contributed by atoms with van der Waals surface area (Å²) in [6, 6.07) is 6.81. The third kappa shape index (κ3) is 3.57. The van der Waals surface area contributed by atoms with E-state index >= 15 is 0 Å². The molecule has 1 saturated carbocycles. The van der Waals surface area contributed by atoms with Crippen LogP contribution >= 0.6 is 11.6 Å². The van der Waals surface area contributed by atoms with Crippen LogP contribution in [0.5, 0.6) is 0 Å². The van der Waals surface area contributed by atoms with E-state index in [9.17, 15) is 4.79 Å². The average Bonchev–Trinajstić information content (AvgIpc) is 2.38. The van der Waals surface area contributed by atoms with Crippen LogP contribution in [0, 0.1) is 11.8 Å². The van der Waals surface area contributed by atoms with Gasteiger partial charge in [0.2, 0.25) is 0 Å². The minimum Gasteiger partial charge on any atom is -0.267 e. The Balaban J connectivity index is 2.04. The minimum absolute atomic E-state index is 0.186. The zero-order chi connectivity index (χ0) is 13.8. The van der Waals surface area contributed by atoms with E-state index in [2.05, 4.69) is 24.4 Å². The molecule has 0 spiro atoms. The average molecular weight is 279 g/mol. The lowest BCUT2D eigenvalue weighted by molar-refractivity contribution is 0.0954. The zero-order valence-electron chi connectivity index (χ0n) is 11.3. The fourth-order valence-corrected chi connectivity index (χ4v) is 2.64. The fourth-order valence-electron chi connectivity index (χ4n) is 2.51. The van der Waals surface area contributed by atoms with Gasteiger partial charge in [-0.15, -0.1) is 0 Å². The molecule has 102 valence electrons. The summed E-state index contributed by atoms with van der Waals surface area (Å²) in [4.78, 5) is 12.0. The molecule has 0 radical (unpaired) electrons. The van der Waals surface area contributed by atoms with Crippen LogP contribution in [0.15, 0.2) is 29.4 Å². The lowest BCUT2D eigenvalue weighted by Gasteiger charge is -2.26. The number of nitrogens with one attached hydrogen (secondary N) is 1. The molecular formula is C15H19ClN2O. The highest BCUT2D eigenvalue weighted by molar-refractivity contribution is 6.30. The molecule has 4 heteroatoms. The quantitative estimate of drug-likeness (QED) is 0.820. The first-order valence-electron chi connectivity index (χ1n) is 6.71. The molecule has 2 rings (SSSR count). The Morgan fingerprint density at radius 3 is 2.37 bits per heavy atom. The van der Waals surface area contributed by atoms with Crippen molar-refractivity contribution in [1.82, 2.24) is 5.43 Å². The van der Waals surface area contributed by atoms with Crippen molar-refractivity contribution in [3.8, 4) is 0 Å². The van der Waals surface area contributed by atoms with Gasteiger partial charge in [0.25, 0.3) is 5.91 Å². The second kappa shape index (κ2) is 6.20. The summed E-state index contributed by atoms with van der Waals surface area (Å²) in [6.07, 6.45) is 3.55. The van der Waals surface area contributed by atoms with Crippen molar-refractivity contribution in [3.63, 3.8) is 0 Å². The molecule has 1 aromatic carbocycles. The summed E-state index contributed by atoms with van der Waals surface area (Å²) < 4.78 is 0. The van der Waals surface area contributed by atoms with E-state index in [1.807, 2.05) is 0 Å². The first kappa shape index (κ1) is 14.1. The van der Waals surface area contributed by atoms with Gasteiger partial charge in [-0.25, -0.2) is 5.43 Å². The van der Waals surface area contributed by atoms with Crippen molar-refractivity contribution in [1.29, 1.82) is 0 Å². The van der Waals surface area contributed by atoms with Gasteiger partial charge in [-0.2, -0.15) is 5.10 Å². The molecule has 1 aliphatic rings. The van der Waals surface area contributed by atoms with Crippen LogP contribution in [0.3, 0.4) is 0 Å². The SMILES string of the molecule is C[C@@H]1CCC[C@@H](C)C1=NNC(=O)c1ccc(Cl)cc1. The second-order valence-corrected chi connectivity index (χ2v) is 5.65. The van der Waals surface area contributed by atoms with E-state index in [0.29, 0.717) is 22.4 Å². The van der Waals surface area contributed by atoms with Crippen molar-refractivity contribution in [2.24, 2.45) is 16.9 Å². The highest BCUT2D eigenvalue weighted by atomic mass is 35.5. The topological polar surface area (TPSA) is 41.5 Å². The van der Waals surface area contributed by atoms with Crippen molar-refractivity contribution in [2.75, 3.05) is 0 Å². The van der Waals surface area contributed by atoms with Crippen LogP contribution in [0.4, 0.5) is 0 Å². The van der Waals surface area contributed by atoms with Gasteiger partial charge in [-0.1, -0.05) is 31.9 Å². The minimum atomic E-state index is -0.186. The molecule has 19 heavy (non-hydrogen) atoms. The first-order valence-corrected chi connectivity index (χ1v) is 7.09.